The maximum Gasteiger partial charge on any atom is 0.0585 e. The first kappa shape index (κ1) is 31.1. The Kier molecular flexibility index (Phi) is 7.54. The van der Waals surface area contributed by atoms with Crippen LogP contribution in [0.4, 0.5) is 11.4 Å². The van der Waals surface area contributed by atoms with Gasteiger partial charge in [0.05, 0.1) is 17.1 Å². The summed E-state index contributed by atoms with van der Waals surface area (Å²) in [6, 6.07) is 66.5. The van der Waals surface area contributed by atoms with E-state index in [1.54, 1.807) is 0 Å². The molecule has 2 nitrogen and oxygen atoms in total. The van der Waals surface area contributed by atoms with Crippen LogP contribution in [0, 0.1) is 5.92 Å². The maximum absolute atomic E-state index is 2.49. The minimum Gasteiger partial charge on any atom is -0.334 e. The van der Waals surface area contributed by atoms with Gasteiger partial charge in [0.2, 0.25) is 0 Å². The Bertz CT molecular complexity index is 2840. The summed E-state index contributed by atoms with van der Waals surface area (Å²) in [5.41, 5.74) is 10.9. The Labute approximate surface area is 310 Å². The Hall–Kier alpha value is -6.64. The number of nitrogens with zero attached hydrogens (tertiary/aromatic N) is 2. The van der Waals surface area contributed by atoms with Crippen LogP contribution in [-0.2, 0) is 0 Å². The average molecular weight is 679 g/mol. The Balaban J connectivity index is 1.02. The van der Waals surface area contributed by atoms with Crippen LogP contribution in [0.3, 0.4) is 0 Å². The maximum atomic E-state index is 2.49. The third-order valence-electron chi connectivity index (χ3n) is 11.0. The molecule has 1 aliphatic rings. The normalized spacial score (nSPS) is 15.7. The topological polar surface area (TPSA) is 8.17 Å². The number of aromatic nitrogens is 1. The second kappa shape index (κ2) is 12.8. The van der Waals surface area contributed by atoms with E-state index < -0.39 is 0 Å². The summed E-state index contributed by atoms with van der Waals surface area (Å²) in [4.78, 5) is 2.49. The van der Waals surface area contributed by atoms with Gasteiger partial charge in [0, 0.05) is 27.8 Å². The number of para-hydroxylation sites is 2. The molecular formula is C51H38N2. The molecule has 1 aromatic heterocycles. The third-order valence-corrected chi connectivity index (χ3v) is 11.0. The van der Waals surface area contributed by atoms with E-state index in [-0.39, 0.29) is 6.04 Å². The van der Waals surface area contributed by atoms with Gasteiger partial charge in [-0.15, -0.1) is 0 Å². The number of rotatable bonds is 6. The van der Waals surface area contributed by atoms with E-state index in [1.165, 1.54) is 82.7 Å². The minimum atomic E-state index is 0.169. The molecule has 8 aromatic carbocycles. The van der Waals surface area contributed by atoms with E-state index >= 15 is 0 Å². The molecule has 0 saturated carbocycles. The molecule has 0 spiro atoms. The molecule has 9 aromatic rings. The fourth-order valence-corrected chi connectivity index (χ4v) is 8.33. The summed E-state index contributed by atoms with van der Waals surface area (Å²) in [5, 5.41) is 7.58. The van der Waals surface area contributed by atoms with Gasteiger partial charge in [0.1, 0.15) is 0 Å². The van der Waals surface area contributed by atoms with Crippen LogP contribution in [0.2, 0.25) is 0 Å². The molecule has 0 fully saturated rings. The van der Waals surface area contributed by atoms with Gasteiger partial charge >= 0.3 is 0 Å². The highest BCUT2D eigenvalue weighted by Crippen LogP contribution is 2.39. The molecule has 1 heterocycles. The van der Waals surface area contributed by atoms with Gasteiger partial charge < -0.3 is 9.47 Å². The van der Waals surface area contributed by atoms with Crippen molar-refractivity contribution in [3.63, 3.8) is 0 Å². The van der Waals surface area contributed by atoms with Crippen molar-refractivity contribution < 1.29 is 0 Å². The first-order valence-electron chi connectivity index (χ1n) is 18.5. The largest absolute Gasteiger partial charge is 0.334 e. The summed E-state index contributed by atoms with van der Waals surface area (Å²) in [6.07, 6.45) is 7.13. The van der Waals surface area contributed by atoms with Crippen LogP contribution in [0.1, 0.15) is 12.5 Å². The molecule has 252 valence electrons. The summed E-state index contributed by atoms with van der Waals surface area (Å²) >= 11 is 0. The Morgan fingerprint density at radius 1 is 0.453 bits per heavy atom. The molecule has 0 amide bonds. The van der Waals surface area contributed by atoms with Crippen molar-refractivity contribution >= 4 is 60.3 Å². The third kappa shape index (κ3) is 5.51. The van der Waals surface area contributed by atoms with Crippen molar-refractivity contribution in [1.29, 1.82) is 0 Å². The van der Waals surface area contributed by atoms with Crippen LogP contribution in [-0.4, -0.2) is 10.6 Å². The zero-order valence-corrected chi connectivity index (χ0v) is 29.6. The van der Waals surface area contributed by atoms with Gasteiger partial charge in [-0.25, -0.2) is 0 Å². The molecule has 0 bridgehead atoms. The van der Waals surface area contributed by atoms with Crippen LogP contribution >= 0.6 is 0 Å². The lowest BCUT2D eigenvalue weighted by Gasteiger charge is -2.37. The van der Waals surface area contributed by atoms with E-state index in [2.05, 4.69) is 217 Å². The number of benzene rings is 8. The number of hydrogen-bond acceptors (Lipinski definition) is 1. The molecule has 2 unspecified atom stereocenters. The van der Waals surface area contributed by atoms with E-state index in [1.807, 2.05) is 0 Å². The quantitative estimate of drug-likeness (QED) is 0.170. The summed E-state index contributed by atoms with van der Waals surface area (Å²) in [7, 11) is 0. The van der Waals surface area contributed by atoms with E-state index in [9.17, 15) is 0 Å². The van der Waals surface area contributed by atoms with Crippen molar-refractivity contribution in [2.45, 2.75) is 13.0 Å². The SMILES string of the molecule is CC1C=C(c2ccc3ccccc3c2)C=CC1N(c1ccccc1)c1ccc(-c2ccc3c(c2)c2cc4ccccc4cc2n3-c2ccccc2)cc1. The van der Waals surface area contributed by atoms with Gasteiger partial charge in [-0.05, 0) is 116 Å². The highest BCUT2D eigenvalue weighted by atomic mass is 15.2. The molecule has 0 N–H and O–H groups in total. The lowest BCUT2D eigenvalue weighted by Crippen LogP contribution is -2.35. The monoisotopic (exact) mass is 678 g/mol. The molecule has 2 heteroatoms. The summed E-state index contributed by atoms with van der Waals surface area (Å²) < 4.78 is 2.40. The number of fused-ring (bicyclic) bond motifs is 5. The first-order valence-corrected chi connectivity index (χ1v) is 18.5. The van der Waals surface area contributed by atoms with Crippen molar-refractivity contribution in [2.24, 2.45) is 5.92 Å². The second-order valence-electron chi connectivity index (χ2n) is 14.3. The highest BCUT2D eigenvalue weighted by Gasteiger charge is 2.26. The van der Waals surface area contributed by atoms with Crippen LogP contribution in [0.25, 0.3) is 65.7 Å². The highest BCUT2D eigenvalue weighted by molar-refractivity contribution is 6.14. The standard InChI is InChI=1S/C51H38N2/c1-35-30-41(42-21-20-36-12-8-9-13-38(36)31-42)24-28-49(35)52(44-16-4-2-5-17-44)46-26-22-37(23-27-46)43-25-29-50-47(33-43)48-32-39-14-10-11-15-40(39)34-51(48)53(50)45-18-6-3-7-19-45/h2-35,49H,1H3. The van der Waals surface area contributed by atoms with Crippen molar-refractivity contribution in [1.82, 2.24) is 4.57 Å². The molecular weight excluding hydrogens is 641 g/mol. The predicted octanol–water partition coefficient (Wildman–Crippen LogP) is 13.6. The zero-order valence-electron chi connectivity index (χ0n) is 29.6. The summed E-state index contributed by atoms with van der Waals surface area (Å²) in [6.45, 7) is 2.34. The number of hydrogen-bond donors (Lipinski definition) is 0. The zero-order chi connectivity index (χ0) is 35.3. The minimum absolute atomic E-state index is 0.169. The van der Waals surface area contributed by atoms with Crippen molar-refractivity contribution in [3.8, 4) is 16.8 Å². The molecule has 2 atom stereocenters. The van der Waals surface area contributed by atoms with Crippen molar-refractivity contribution in [3.05, 3.63) is 206 Å². The van der Waals surface area contributed by atoms with Gasteiger partial charge in [0.25, 0.3) is 0 Å². The van der Waals surface area contributed by atoms with Gasteiger partial charge in [-0.1, -0.05) is 140 Å². The lowest BCUT2D eigenvalue weighted by molar-refractivity contribution is 0.611. The van der Waals surface area contributed by atoms with E-state index in [0.29, 0.717) is 5.92 Å². The van der Waals surface area contributed by atoms with Gasteiger partial charge in [-0.2, -0.15) is 0 Å². The fraction of sp³-hybridized carbons (Fsp3) is 0.0588. The number of anilines is 2. The van der Waals surface area contributed by atoms with Gasteiger partial charge in [0.15, 0.2) is 0 Å². The Morgan fingerprint density at radius 3 is 1.77 bits per heavy atom. The lowest BCUT2D eigenvalue weighted by atomic mass is 9.87. The van der Waals surface area contributed by atoms with E-state index in [4.69, 9.17) is 0 Å². The molecule has 10 rings (SSSR count). The smallest absolute Gasteiger partial charge is 0.0585 e. The average Bonchev–Trinajstić information content (AvgIpc) is 3.53. The van der Waals surface area contributed by atoms with Crippen LogP contribution in [0.5, 0.6) is 0 Å². The summed E-state index contributed by atoms with van der Waals surface area (Å²) in [5.74, 6) is 0.293. The molecule has 0 radical (unpaired) electrons. The van der Waals surface area contributed by atoms with Gasteiger partial charge in [-0.3, -0.25) is 0 Å². The molecule has 1 aliphatic carbocycles. The predicted molar refractivity (Wildman–Crippen MR) is 226 cm³/mol. The first-order chi connectivity index (χ1) is 26.2. The van der Waals surface area contributed by atoms with E-state index in [0.717, 1.165) is 0 Å². The molecule has 53 heavy (non-hydrogen) atoms. The Morgan fingerprint density at radius 2 is 1.04 bits per heavy atom. The van der Waals surface area contributed by atoms with Crippen LogP contribution < -0.4 is 4.90 Å². The molecule has 0 aliphatic heterocycles. The number of allylic oxidation sites excluding steroid dienone is 2. The van der Waals surface area contributed by atoms with Crippen LogP contribution in [0.15, 0.2) is 200 Å². The second-order valence-corrected chi connectivity index (χ2v) is 14.3. The fourth-order valence-electron chi connectivity index (χ4n) is 8.33. The molecule has 0 saturated heterocycles. The van der Waals surface area contributed by atoms with Crippen molar-refractivity contribution in [2.75, 3.05) is 4.90 Å².